The summed E-state index contributed by atoms with van der Waals surface area (Å²) in [5.74, 6) is 1.18. The van der Waals surface area contributed by atoms with Crippen molar-refractivity contribution in [2.75, 3.05) is 6.61 Å². The van der Waals surface area contributed by atoms with Crippen molar-refractivity contribution in [1.82, 2.24) is 0 Å². The molecule has 0 aromatic carbocycles. The van der Waals surface area contributed by atoms with E-state index in [4.69, 9.17) is 4.74 Å². The number of unbranched alkanes of at least 4 members (excludes halogenated alkanes) is 8. The molecule has 0 aliphatic carbocycles. The normalized spacial score (nSPS) is 14.0. The Kier molecular flexibility index (Phi) is 19.9. The molecule has 28 heavy (non-hydrogen) atoms. The predicted octanol–water partition coefficient (Wildman–Crippen LogP) is 8.42. The lowest BCUT2D eigenvalue weighted by molar-refractivity contribution is -0.145. The molecule has 0 fully saturated rings. The first kappa shape index (κ1) is 27.0. The van der Waals surface area contributed by atoms with Crippen molar-refractivity contribution in [2.24, 2.45) is 11.8 Å². The summed E-state index contributed by atoms with van der Waals surface area (Å²) in [6.45, 7) is 9.49. The second-order valence-electron chi connectivity index (χ2n) is 8.52. The summed E-state index contributed by atoms with van der Waals surface area (Å²) in [6, 6.07) is 0. The van der Waals surface area contributed by atoms with E-state index in [1.807, 2.05) is 0 Å². The van der Waals surface area contributed by atoms with Crippen LogP contribution in [0.4, 0.5) is 0 Å². The molecular formula is C26H48O2. The Morgan fingerprint density at radius 1 is 0.786 bits per heavy atom. The lowest BCUT2D eigenvalue weighted by atomic mass is 9.96. The number of rotatable bonds is 19. The maximum absolute atomic E-state index is 11.8. The maximum Gasteiger partial charge on any atom is 0.305 e. The quantitative estimate of drug-likeness (QED) is 0.125. The zero-order chi connectivity index (χ0) is 20.9. The molecule has 0 saturated carbocycles. The number of esters is 1. The average molecular weight is 393 g/mol. The highest BCUT2D eigenvalue weighted by Gasteiger charge is 2.10. The number of hydrogen-bond acceptors (Lipinski definition) is 2. The standard InChI is InChI=1S/C26H48O2/c1-5-7-8-9-10-11-12-13-14-15-16-17-18-19-20-21-26(27)28-23-25(4)22-24(3)6-2/h10-11,13-14,24-25H,5-9,12,15-23H2,1-4H3/b11-10-,14-13-/t24-,25-/m0/s1. The molecule has 0 aromatic heterocycles. The Labute approximate surface area is 176 Å². The SMILES string of the molecule is CCCCC/C=C\C/C=C\CCCCCCCC(=O)OC[C@@H](C)C[C@@H](C)CC. The van der Waals surface area contributed by atoms with Gasteiger partial charge in [0.15, 0.2) is 0 Å². The summed E-state index contributed by atoms with van der Waals surface area (Å²) in [5, 5.41) is 0. The molecule has 2 heteroatoms. The van der Waals surface area contributed by atoms with E-state index < -0.39 is 0 Å². The summed E-state index contributed by atoms with van der Waals surface area (Å²) in [4.78, 5) is 11.8. The van der Waals surface area contributed by atoms with Crippen LogP contribution < -0.4 is 0 Å². The van der Waals surface area contributed by atoms with Crippen LogP contribution in [0.1, 0.15) is 118 Å². The molecule has 0 N–H and O–H groups in total. The van der Waals surface area contributed by atoms with E-state index in [2.05, 4.69) is 52.0 Å². The van der Waals surface area contributed by atoms with Gasteiger partial charge in [0.2, 0.25) is 0 Å². The van der Waals surface area contributed by atoms with Crippen LogP contribution in [0.25, 0.3) is 0 Å². The molecule has 0 spiro atoms. The molecule has 0 aromatic rings. The van der Waals surface area contributed by atoms with Crippen molar-refractivity contribution in [1.29, 1.82) is 0 Å². The first-order valence-electron chi connectivity index (χ1n) is 12.1. The fourth-order valence-electron chi connectivity index (χ4n) is 3.31. The van der Waals surface area contributed by atoms with E-state index in [0.29, 0.717) is 18.9 Å². The van der Waals surface area contributed by atoms with E-state index in [1.54, 1.807) is 0 Å². The highest BCUT2D eigenvalue weighted by molar-refractivity contribution is 5.69. The molecule has 0 unspecified atom stereocenters. The average Bonchev–Trinajstić information content (AvgIpc) is 2.69. The molecule has 0 radical (unpaired) electrons. The molecule has 2 nitrogen and oxygen atoms in total. The summed E-state index contributed by atoms with van der Waals surface area (Å²) in [7, 11) is 0. The lowest BCUT2D eigenvalue weighted by Crippen LogP contribution is -2.14. The molecule has 2 atom stereocenters. The van der Waals surface area contributed by atoms with Gasteiger partial charge in [0.25, 0.3) is 0 Å². The van der Waals surface area contributed by atoms with E-state index in [0.717, 1.165) is 31.6 Å². The van der Waals surface area contributed by atoms with E-state index in [-0.39, 0.29) is 5.97 Å². The number of ether oxygens (including phenoxy) is 1. The smallest absolute Gasteiger partial charge is 0.305 e. The van der Waals surface area contributed by atoms with Crippen LogP contribution in [0.2, 0.25) is 0 Å². The van der Waals surface area contributed by atoms with Gasteiger partial charge in [-0.2, -0.15) is 0 Å². The number of hydrogen-bond donors (Lipinski definition) is 0. The van der Waals surface area contributed by atoms with Gasteiger partial charge in [-0.25, -0.2) is 0 Å². The third kappa shape index (κ3) is 19.7. The molecule has 0 rings (SSSR count). The van der Waals surface area contributed by atoms with Gasteiger partial charge in [-0.15, -0.1) is 0 Å². The van der Waals surface area contributed by atoms with Gasteiger partial charge in [-0.1, -0.05) is 90.5 Å². The van der Waals surface area contributed by atoms with Crippen molar-refractivity contribution in [3.05, 3.63) is 24.3 Å². The monoisotopic (exact) mass is 392 g/mol. The first-order valence-corrected chi connectivity index (χ1v) is 12.1. The van der Waals surface area contributed by atoms with Gasteiger partial charge in [-0.05, 0) is 56.8 Å². The van der Waals surface area contributed by atoms with Crippen LogP contribution >= 0.6 is 0 Å². The second-order valence-corrected chi connectivity index (χ2v) is 8.52. The Morgan fingerprint density at radius 3 is 2.04 bits per heavy atom. The molecular weight excluding hydrogens is 344 g/mol. The van der Waals surface area contributed by atoms with Crippen molar-refractivity contribution in [3.8, 4) is 0 Å². The van der Waals surface area contributed by atoms with Crippen LogP contribution in [0.15, 0.2) is 24.3 Å². The lowest BCUT2D eigenvalue weighted by Gasteiger charge is -2.15. The Morgan fingerprint density at radius 2 is 1.39 bits per heavy atom. The minimum absolute atomic E-state index is 0.0123. The minimum Gasteiger partial charge on any atom is -0.465 e. The second kappa shape index (κ2) is 20.7. The zero-order valence-corrected chi connectivity index (χ0v) is 19.4. The van der Waals surface area contributed by atoms with Crippen molar-refractivity contribution >= 4 is 5.97 Å². The fourth-order valence-corrected chi connectivity index (χ4v) is 3.31. The summed E-state index contributed by atoms with van der Waals surface area (Å²) in [6.07, 6.45) is 25.4. The Hall–Kier alpha value is -1.05. The molecule has 0 saturated heterocycles. The van der Waals surface area contributed by atoms with Gasteiger partial charge in [-0.3, -0.25) is 4.79 Å². The van der Waals surface area contributed by atoms with Gasteiger partial charge in [0.05, 0.1) is 6.61 Å². The molecule has 0 heterocycles. The predicted molar refractivity (Wildman–Crippen MR) is 124 cm³/mol. The van der Waals surface area contributed by atoms with Gasteiger partial charge < -0.3 is 4.74 Å². The Balaban J connectivity index is 3.40. The maximum atomic E-state index is 11.8. The molecule has 0 aliphatic heterocycles. The zero-order valence-electron chi connectivity index (χ0n) is 19.4. The molecule has 0 aliphatic rings. The number of allylic oxidation sites excluding steroid dienone is 4. The largest absolute Gasteiger partial charge is 0.465 e. The summed E-state index contributed by atoms with van der Waals surface area (Å²) >= 11 is 0. The van der Waals surface area contributed by atoms with Gasteiger partial charge in [0, 0.05) is 6.42 Å². The van der Waals surface area contributed by atoms with Crippen LogP contribution in [0, 0.1) is 11.8 Å². The first-order chi connectivity index (χ1) is 13.6. The van der Waals surface area contributed by atoms with E-state index in [9.17, 15) is 4.79 Å². The highest BCUT2D eigenvalue weighted by atomic mass is 16.5. The van der Waals surface area contributed by atoms with Gasteiger partial charge in [0.1, 0.15) is 0 Å². The molecule has 0 bridgehead atoms. The summed E-state index contributed by atoms with van der Waals surface area (Å²) < 4.78 is 5.41. The van der Waals surface area contributed by atoms with E-state index >= 15 is 0 Å². The van der Waals surface area contributed by atoms with Crippen LogP contribution in [0.5, 0.6) is 0 Å². The third-order valence-corrected chi connectivity index (χ3v) is 5.36. The van der Waals surface area contributed by atoms with Crippen molar-refractivity contribution in [3.63, 3.8) is 0 Å². The molecule has 0 amide bonds. The van der Waals surface area contributed by atoms with Crippen molar-refractivity contribution in [2.45, 2.75) is 118 Å². The Bertz CT molecular complexity index is 397. The molecule has 164 valence electrons. The summed E-state index contributed by atoms with van der Waals surface area (Å²) in [5.41, 5.74) is 0. The highest BCUT2D eigenvalue weighted by Crippen LogP contribution is 2.15. The number of carbonyl (C=O) groups excluding carboxylic acids is 1. The van der Waals surface area contributed by atoms with Gasteiger partial charge >= 0.3 is 5.97 Å². The number of carbonyl (C=O) groups is 1. The van der Waals surface area contributed by atoms with Crippen molar-refractivity contribution < 1.29 is 9.53 Å². The van der Waals surface area contributed by atoms with Crippen LogP contribution in [-0.4, -0.2) is 12.6 Å². The van der Waals surface area contributed by atoms with Crippen LogP contribution in [0.3, 0.4) is 0 Å². The third-order valence-electron chi connectivity index (χ3n) is 5.36. The topological polar surface area (TPSA) is 26.3 Å². The van der Waals surface area contributed by atoms with Crippen LogP contribution in [-0.2, 0) is 9.53 Å². The fraction of sp³-hybridized carbons (Fsp3) is 0.808. The van der Waals surface area contributed by atoms with E-state index in [1.165, 1.54) is 57.8 Å². The minimum atomic E-state index is -0.0123.